The smallest absolute Gasteiger partial charge is 0.338 e. The Labute approximate surface area is 93.9 Å². The van der Waals surface area contributed by atoms with Crippen LogP contribution in [0.5, 0.6) is 0 Å². The van der Waals surface area contributed by atoms with Crippen molar-refractivity contribution in [2.24, 2.45) is 0 Å². The number of ether oxygens (including phenoxy) is 2. The van der Waals surface area contributed by atoms with Gasteiger partial charge >= 0.3 is 11.9 Å². The van der Waals surface area contributed by atoms with E-state index >= 15 is 0 Å². The van der Waals surface area contributed by atoms with Gasteiger partial charge in [0.25, 0.3) is 0 Å². The normalized spacial score (nSPS) is 22.8. The van der Waals surface area contributed by atoms with Gasteiger partial charge in [-0.2, -0.15) is 0 Å². The lowest BCUT2D eigenvalue weighted by Crippen LogP contribution is -2.57. The molecular formula is C10H17NO5. The second-order valence-corrected chi connectivity index (χ2v) is 3.55. The molecule has 0 aromatic rings. The molecule has 0 radical (unpaired) electrons. The minimum Gasteiger partial charge on any atom is -0.464 e. The van der Waals surface area contributed by atoms with Crippen molar-refractivity contribution in [1.82, 2.24) is 5.32 Å². The third-order valence-corrected chi connectivity index (χ3v) is 2.45. The van der Waals surface area contributed by atoms with Crippen LogP contribution >= 0.6 is 0 Å². The topological polar surface area (TPSA) is 84.9 Å². The Hall–Kier alpha value is -1.14. The van der Waals surface area contributed by atoms with E-state index in [4.69, 9.17) is 9.47 Å². The van der Waals surface area contributed by atoms with Crippen LogP contribution in [0.3, 0.4) is 0 Å². The monoisotopic (exact) mass is 231 g/mol. The van der Waals surface area contributed by atoms with Gasteiger partial charge in [-0.25, -0.2) is 9.59 Å². The summed E-state index contributed by atoms with van der Waals surface area (Å²) in [6.07, 6.45) is -0.377. The Balaban J connectivity index is 2.85. The summed E-state index contributed by atoms with van der Waals surface area (Å²) < 4.78 is 9.66. The summed E-state index contributed by atoms with van der Waals surface area (Å²) in [5, 5.41) is 11.9. The predicted octanol–water partition coefficient (Wildman–Crippen LogP) is -0.447. The first-order valence-electron chi connectivity index (χ1n) is 5.37. The van der Waals surface area contributed by atoms with E-state index < -0.39 is 23.7 Å². The number of aliphatic hydroxyl groups is 1. The maximum absolute atomic E-state index is 11.7. The summed E-state index contributed by atoms with van der Waals surface area (Å²) in [6, 6.07) is 0. The maximum Gasteiger partial charge on any atom is 0.338 e. The fourth-order valence-electron chi connectivity index (χ4n) is 1.70. The van der Waals surface area contributed by atoms with Crippen molar-refractivity contribution >= 4 is 11.9 Å². The van der Waals surface area contributed by atoms with Crippen LogP contribution in [0.2, 0.25) is 0 Å². The molecule has 0 aliphatic carbocycles. The zero-order valence-electron chi connectivity index (χ0n) is 9.49. The minimum atomic E-state index is -1.54. The third kappa shape index (κ3) is 2.33. The van der Waals surface area contributed by atoms with E-state index in [9.17, 15) is 14.7 Å². The molecule has 1 aliphatic heterocycles. The molecule has 1 unspecified atom stereocenters. The Kier molecular flexibility index (Phi) is 4.26. The minimum absolute atomic E-state index is 0.178. The predicted molar refractivity (Wildman–Crippen MR) is 54.4 cm³/mol. The molecule has 0 aromatic heterocycles. The van der Waals surface area contributed by atoms with Crippen molar-refractivity contribution < 1.29 is 24.2 Å². The third-order valence-electron chi connectivity index (χ3n) is 2.45. The van der Waals surface area contributed by atoms with Gasteiger partial charge in [-0.1, -0.05) is 0 Å². The van der Waals surface area contributed by atoms with Crippen LogP contribution in [0.1, 0.15) is 26.7 Å². The summed E-state index contributed by atoms with van der Waals surface area (Å²) in [5.41, 5.74) is -1.54. The summed E-state index contributed by atoms with van der Waals surface area (Å²) in [6.45, 7) is 3.67. The molecule has 92 valence electrons. The van der Waals surface area contributed by atoms with Gasteiger partial charge < -0.3 is 14.6 Å². The second-order valence-electron chi connectivity index (χ2n) is 3.55. The highest BCUT2D eigenvalue weighted by Gasteiger charge is 2.53. The van der Waals surface area contributed by atoms with Crippen LogP contribution in [0.25, 0.3) is 0 Å². The highest BCUT2D eigenvalue weighted by atomic mass is 16.6. The lowest BCUT2D eigenvalue weighted by molar-refractivity contribution is -0.166. The number of aliphatic hydroxyl groups excluding tert-OH is 1. The summed E-state index contributed by atoms with van der Waals surface area (Å²) >= 11 is 0. The molecule has 1 saturated heterocycles. The first kappa shape index (κ1) is 12.9. The van der Waals surface area contributed by atoms with Crippen molar-refractivity contribution in [3.8, 4) is 0 Å². The van der Waals surface area contributed by atoms with Gasteiger partial charge in [-0.3, -0.25) is 5.32 Å². The van der Waals surface area contributed by atoms with Gasteiger partial charge in [0.1, 0.15) is 6.23 Å². The number of hydrogen-bond donors (Lipinski definition) is 2. The van der Waals surface area contributed by atoms with Crippen LogP contribution in [0.4, 0.5) is 0 Å². The number of esters is 2. The Bertz CT molecular complexity index is 260. The highest BCUT2D eigenvalue weighted by Crippen LogP contribution is 2.25. The van der Waals surface area contributed by atoms with Crippen molar-refractivity contribution in [2.75, 3.05) is 13.2 Å². The Morgan fingerprint density at radius 1 is 1.31 bits per heavy atom. The summed E-state index contributed by atoms with van der Waals surface area (Å²) in [5.74, 6) is -1.38. The van der Waals surface area contributed by atoms with Gasteiger partial charge in [0, 0.05) is 0 Å². The molecule has 2 N–H and O–H groups in total. The molecule has 16 heavy (non-hydrogen) atoms. The van der Waals surface area contributed by atoms with Gasteiger partial charge in [0.15, 0.2) is 0 Å². The molecule has 1 rings (SSSR count). The fraction of sp³-hybridized carbons (Fsp3) is 0.800. The second kappa shape index (κ2) is 5.27. The highest BCUT2D eigenvalue weighted by molar-refractivity contribution is 6.05. The number of nitrogens with one attached hydrogen (secondary N) is 1. The largest absolute Gasteiger partial charge is 0.464 e. The summed E-state index contributed by atoms with van der Waals surface area (Å²) in [4.78, 5) is 23.5. The van der Waals surface area contributed by atoms with E-state index in [1.54, 1.807) is 13.8 Å². The molecule has 0 spiro atoms. The number of carbonyl (C=O) groups excluding carboxylic acids is 2. The molecule has 1 heterocycles. The van der Waals surface area contributed by atoms with Gasteiger partial charge in [-0.05, 0) is 26.7 Å². The lowest BCUT2D eigenvalue weighted by Gasteiger charge is -2.24. The molecule has 6 nitrogen and oxygen atoms in total. The quantitative estimate of drug-likeness (QED) is 0.503. The number of carbonyl (C=O) groups is 2. The Morgan fingerprint density at radius 3 is 2.12 bits per heavy atom. The SMILES string of the molecule is CCOC(=O)C1(C(=O)OCC)CCC(O)N1. The average molecular weight is 231 g/mol. The van der Waals surface area contributed by atoms with Crippen molar-refractivity contribution in [3.05, 3.63) is 0 Å². The Morgan fingerprint density at radius 2 is 1.81 bits per heavy atom. The molecule has 0 saturated carbocycles. The van der Waals surface area contributed by atoms with Crippen molar-refractivity contribution in [1.29, 1.82) is 0 Å². The van der Waals surface area contributed by atoms with E-state index in [2.05, 4.69) is 5.32 Å². The molecule has 1 fully saturated rings. The van der Waals surface area contributed by atoms with Gasteiger partial charge in [-0.15, -0.1) is 0 Å². The van der Waals surface area contributed by atoms with E-state index in [1.165, 1.54) is 0 Å². The number of rotatable bonds is 4. The molecule has 0 amide bonds. The van der Waals surface area contributed by atoms with E-state index in [-0.39, 0.29) is 19.6 Å². The van der Waals surface area contributed by atoms with Crippen LogP contribution in [0, 0.1) is 0 Å². The first-order valence-corrected chi connectivity index (χ1v) is 5.37. The van der Waals surface area contributed by atoms with E-state index in [0.717, 1.165) is 0 Å². The average Bonchev–Trinajstić information content (AvgIpc) is 2.63. The van der Waals surface area contributed by atoms with Gasteiger partial charge in [0.2, 0.25) is 5.54 Å². The molecule has 0 aromatic carbocycles. The first-order chi connectivity index (χ1) is 7.56. The van der Waals surface area contributed by atoms with E-state index in [1.807, 2.05) is 0 Å². The molecule has 1 aliphatic rings. The molecule has 1 atom stereocenters. The van der Waals surface area contributed by atoms with Crippen molar-refractivity contribution in [2.45, 2.75) is 38.5 Å². The molecule has 0 bridgehead atoms. The molecule has 6 heteroatoms. The molecular weight excluding hydrogens is 214 g/mol. The van der Waals surface area contributed by atoms with Crippen LogP contribution in [0.15, 0.2) is 0 Å². The van der Waals surface area contributed by atoms with Crippen LogP contribution < -0.4 is 5.32 Å². The van der Waals surface area contributed by atoms with E-state index in [0.29, 0.717) is 6.42 Å². The standard InChI is InChI=1S/C10H17NO5/c1-3-15-8(13)10(9(14)16-4-2)6-5-7(12)11-10/h7,11-12H,3-6H2,1-2H3. The van der Waals surface area contributed by atoms with Crippen LogP contribution in [-0.4, -0.2) is 42.0 Å². The van der Waals surface area contributed by atoms with Gasteiger partial charge in [0.05, 0.1) is 13.2 Å². The maximum atomic E-state index is 11.7. The van der Waals surface area contributed by atoms with Crippen molar-refractivity contribution in [3.63, 3.8) is 0 Å². The zero-order chi connectivity index (χ0) is 12.2. The van der Waals surface area contributed by atoms with Crippen LogP contribution in [-0.2, 0) is 19.1 Å². The number of hydrogen-bond acceptors (Lipinski definition) is 6. The fourth-order valence-corrected chi connectivity index (χ4v) is 1.70. The zero-order valence-corrected chi connectivity index (χ0v) is 9.49. The lowest BCUT2D eigenvalue weighted by atomic mass is 9.98. The summed E-state index contributed by atoms with van der Waals surface area (Å²) in [7, 11) is 0.